The Morgan fingerprint density at radius 2 is 1.95 bits per heavy atom. The summed E-state index contributed by atoms with van der Waals surface area (Å²) in [4.78, 5) is 54.5. The van der Waals surface area contributed by atoms with E-state index in [1.54, 1.807) is 60.3 Å². The predicted octanol–water partition coefficient (Wildman–Crippen LogP) is 3.31. The van der Waals surface area contributed by atoms with Crippen LogP contribution in [0.2, 0.25) is 0 Å². The molecule has 2 unspecified atom stereocenters. The number of pyridine rings is 1. The van der Waals surface area contributed by atoms with Gasteiger partial charge in [0.2, 0.25) is 5.91 Å². The molecule has 0 radical (unpaired) electrons. The fourth-order valence-electron chi connectivity index (χ4n) is 3.73. The van der Waals surface area contributed by atoms with Crippen molar-refractivity contribution >= 4 is 53.4 Å². The molecule has 4 rings (SSSR count). The van der Waals surface area contributed by atoms with Gasteiger partial charge in [-0.15, -0.1) is 23.5 Å². The lowest BCUT2D eigenvalue weighted by atomic mass is 10.0. The second-order valence-electron chi connectivity index (χ2n) is 8.14. The van der Waals surface area contributed by atoms with E-state index in [9.17, 15) is 32.3 Å². The summed E-state index contributed by atoms with van der Waals surface area (Å²) in [6.45, 7) is 0. The van der Waals surface area contributed by atoms with Gasteiger partial charge in [0, 0.05) is 23.9 Å². The first-order chi connectivity index (χ1) is 18.1. The molecule has 2 aromatic rings. The Kier molecular flexibility index (Phi) is 8.57. The molecular formula is C25H20F3N3O5S2. The zero-order valence-corrected chi connectivity index (χ0v) is 21.1. The summed E-state index contributed by atoms with van der Waals surface area (Å²) in [5, 5.41) is 3.62. The van der Waals surface area contributed by atoms with Crippen molar-refractivity contribution in [2.75, 3.05) is 11.5 Å². The quantitative estimate of drug-likeness (QED) is 0.296. The number of amides is 2. The van der Waals surface area contributed by atoms with Crippen molar-refractivity contribution in [2.45, 2.75) is 24.0 Å². The molecule has 2 atom stereocenters. The summed E-state index contributed by atoms with van der Waals surface area (Å²) in [6.07, 6.45) is -0.346. The van der Waals surface area contributed by atoms with Gasteiger partial charge in [0.25, 0.3) is 5.91 Å². The van der Waals surface area contributed by atoms with E-state index in [1.807, 2.05) is 6.07 Å². The fraction of sp³-hybridized carbons (Fsp3) is 0.240. The maximum atomic E-state index is 13.0. The molecule has 2 amide bonds. The summed E-state index contributed by atoms with van der Waals surface area (Å²) in [6, 6.07) is 11.4. The molecule has 3 heterocycles. The monoisotopic (exact) mass is 563 g/mol. The number of β-lactam (4-membered cyclic amide) rings is 1. The van der Waals surface area contributed by atoms with Gasteiger partial charge >= 0.3 is 18.1 Å². The average molecular weight is 564 g/mol. The molecule has 0 aliphatic carbocycles. The van der Waals surface area contributed by atoms with Gasteiger partial charge in [-0.05, 0) is 34.3 Å². The molecule has 198 valence electrons. The van der Waals surface area contributed by atoms with Crippen molar-refractivity contribution < 1.29 is 37.1 Å². The highest BCUT2D eigenvalue weighted by Crippen LogP contribution is 2.41. The fourth-order valence-corrected chi connectivity index (χ4v) is 5.99. The molecule has 0 spiro atoms. The Bertz CT molecular complexity index is 1290. The highest BCUT2D eigenvalue weighted by molar-refractivity contribution is 8.02. The number of fused-ring (bicyclic) bond motifs is 1. The molecule has 8 nitrogen and oxygen atoms in total. The predicted molar refractivity (Wildman–Crippen MR) is 135 cm³/mol. The van der Waals surface area contributed by atoms with Gasteiger partial charge in [0.15, 0.2) is 0 Å². The molecular weight excluding hydrogens is 543 g/mol. The number of nitrogens with zero attached hydrogens (tertiary/aromatic N) is 2. The van der Waals surface area contributed by atoms with Crippen LogP contribution >= 0.6 is 23.5 Å². The van der Waals surface area contributed by atoms with Gasteiger partial charge < -0.3 is 10.1 Å². The van der Waals surface area contributed by atoms with Crippen LogP contribution in [0.25, 0.3) is 6.08 Å². The first-order valence-electron chi connectivity index (χ1n) is 11.2. The number of nitrogens with one attached hydrogen (secondary N) is 1. The van der Waals surface area contributed by atoms with Crippen LogP contribution in [0.5, 0.6) is 0 Å². The minimum Gasteiger partial charge on any atom is -0.382 e. The molecule has 1 saturated heterocycles. The standard InChI is InChI=1S/C25H20F3N3O5S2/c26-25(27,28)24(35)36-23(34)20-17(13-37-10-8-16-7-4-9-29-12-16)14-38-22-19(21(33)31(20)22)30-18(32)11-15-5-2-1-3-6-15/h1-10,12,19,22H,11,13-14H2,(H,30,32)/b10-8-. The summed E-state index contributed by atoms with van der Waals surface area (Å²) >= 11 is 2.49. The average Bonchev–Trinajstić information content (AvgIpc) is 2.89. The number of alkyl halides is 3. The molecule has 38 heavy (non-hydrogen) atoms. The molecule has 0 saturated carbocycles. The highest BCUT2D eigenvalue weighted by atomic mass is 32.2. The van der Waals surface area contributed by atoms with E-state index in [1.165, 1.54) is 23.5 Å². The van der Waals surface area contributed by atoms with Crippen LogP contribution in [0.4, 0.5) is 13.2 Å². The minimum atomic E-state index is -5.38. The van der Waals surface area contributed by atoms with Gasteiger partial charge in [0.05, 0.1) is 6.42 Å². The van der Waals surface area contributed by atoms with Crippen LogP contribution < -0.4 is 5.32 Å². The molecule has 1 fully saturated rings. The zero-order valence-electron chi connectivity index (χ0n) is 19.5. The first kappa shape index (κ1) is 27.5. The second-order valence-corrected chi connectivity index (χ2v) is 10.1. The third kappa shape index (κ3) is 6.45. The number of hydrogen-bond acceptors (Lipinski definition) is 8. The van der Waals surface area contributed by atoms with E-state index in [0.29, 0.717) is 5.57 Å². The number of aromatic nitrogens is 1. The van der Waals surface area contributed by atoms with Crippen LogP contribution in [0.1, 0.15) is 11.1 Å². The van der Waals surface area contributed by atoms with Crippen molar-refractivity contribution in [3.63, 3.8) is 0 Å². The SMILES string of the molecule is O=C(Cc1ccccc1)NC1C(=O)N2C(C(=O)OC(=O)C(F)(F)F)=C(CS/C=C\c3cccnc3)CSC12. The number of thioether (sulfide) groups is 2. The summed E-state index contributed by atoms with van der Waals surface area (Å²) in [7, 11) is 0. The molecule has 1 aromatic carbocycles. The number of rotatable bonds is 8. The van der Waals surface area contributed by atoms with Crippen molar-refractivity contribution in [1.29, 1.82) is 0 Å². The van der Waals surface area contributed by atoms with Crippen LogP contribution in [0.3, 0.4) is 0 Å². The lowest BCUT2D eigenvalue weighted by Crippen LogP contribution is -2.70. The summed E-state index contributed by atoms with van der Waals surface area (Å²) in [5.41, 5.74) is 1.47. The molecule has 0 bridgehead atoms. The number of benzene rings is 1. The van der Waals surface area contributed by atoms with Gasteiger partial charge in [-0.1, -0.05) is 36.4 Å². The Morgan fingerprint density at radius 1 is 1.18 bits per heavy atom. The van der Waals surface area contributed by atoms with Gasteiger partial charge in [0.1, 0.15) is 17.1 Å². The van der Waals surface area contributed by atoms with Gasteiger partial charge in [-0.25, -0.2) is 9.59 Å². The van der Waals surface area contributed by atoms with E-state index in [2.05, 4.69) is 15.0 Å². The summed E-state index contributed by atoms with van der Waals surface area (Å²) in [5.74, 6) is -5.00. The second kappa shape index (κ2) is 11.9. The van der Waals surface area contributed by atoms with E-state index in [0.717, 1.165) is 16.0 Å². The van der Waals surface area contributed by atoms with E-state index in [-0.39, 0.29) is 17.9 Å². The summed E-state index contributed by atoms with van der Waals surface area (Å²) < 4.78 is 42.3. The van der Waals surface area contributed by atoms with Crippen molar-refractivity contribution in [1.82, 2.24) is 15.2 Å². The maximum Gasteiger partial charge on any atom is 0.491 e. The Morgan fingerprint density at radius 3 is 2.63 bits per heavy atom. The van der Waals surface area contributed by atoms with Crippen molar-refractivity contribution in [3.05, 3.63) is 82.7 Å². The molecule has 2 aliphatic heterocycles. The smallest absolute Gasteiger partial charge is 0.382 e. The topological polar surface area (TPSA) is 106 Å². The molecule has 1 aromatic heterocycles. The van der Waals surface area contributed by atoms with E-state index >= 15 is 0 Å². The largest absolute Gasteiger partial charge is 0.491 e. The van der Waals surface area contributed by atoms with Gasteiger partial charge in [-0.3, -0.25) is 19.5 Å². The number of ether oxygens (including phenoxy) is 1. The van der Waals surface area contributed by atoms with E-state index in [4.69, 9.17) is 0 Å². The molecule has 1 N–H and O–H groups in total. The van der Waals surface area contributed by atoms with Crippen LogP contribution in [0.15, 0.2) is 71.5 Å². The number of carbonyl (C=O) groups excluding carboxylic acids is 4. The Balaban J connectivity index is 1.49. The number of esters is 2. The number of carbonyl (C=O) groups is 4. The normalized spacial score (nSPS) is 19.1. The molecule has 13 heteroatoms. The van der Waals surface area contributed by atoms with Gasteiger partial charge in [-0.2, -0.15) is 13.2 Å². The number of halogens is 3. The molecule has 2 aliphatic rings. The first-order valence-corrected chi connectivity index (χ1v) is 13.3. The third-order valence-corrected chi connectivity index (χ3v) is 7.66. The zero-order chi connectivity index (χ0) is 27.3. The van der Waals surface area contributed by atoms with Crippen LogP contribution in [-0.2, 0) is 30.3 Å². The number of hydrogen-bond donors (Lipinski definition) is 1. The van der Waals surface area contributed by atoms with E-state index < -0.39 is 47.0 Å². The van der Waals surface area contributed by atoms with Crippen molar-refractivity contribution in [2.24, 2.45) is 0 Å². The maximum absolute atomic E-state index is 13.0. The van der Waals surface area contributed by atoms with Crippen molar-refractivity contribution in [3.8, 4) is 0 Å². The third-order valence-electron chi connectivity index (χ3n) is 5.48. The Hall–Kier alpha value is -3.58. The lowest BCUT2D eigenvalue weighted by Gasteiger charge is -2.49. The van der Waals surface area contributed by atoms with Crippen LogP contribution in [0, 0.1) is 0 Å². The lowest BCUT2D eigenvalue weighted by molar-refractivity contribution is -0.201. The minimum absolute atomic E-state index is 0.0258. The highest BCUT2D eigenvalue weighted by Gasteiger charge is 2.55. The van der Waals surface area contributed by atoms with Crippen LogP contribution in [-0.4, -0.2) is 62.7 Å². The Labute approximate surface area is 223 Å².